The molecule has 0 bridgehead atoms. The molecule has 0 fully saturated rings. The topological polar surface area (TPSA) is 38.7 Å². The Labute approximate surface area is 95.0 Å². The SMILES string of the molecule is CCOC(=O)C1=C(SC)N=C(C)C1CC. The van der Waals surface area contributed by atoms with E-state index in [9.17, 15) is 4.79 Å². The van der Waals surface area contributed by atoms with Crippen LogP contribution in [-0.2, 0) is 9.53 Å². The molecule has 0 aromatic heterocycles. The van der Waals surface area contributed by atoms with Crippen LogP contribution in [0, 0.1) is 5.92 Å². The van der Waals surface area contributed by atoms with Crippen LogP contribution in [0.2, 0.25) is 0 Å². The maximum Gasteiger partial charge on any atom is 0.337 e. The fourth-order valence-electron chi connectivity index (χ4n) is 1.75. The van der Waals surface area contributed by atoms with Gasteiger partial charge in [-0.2, -0.15) is 0 Å². The smallest absolute Gasteiger partial charge is 0.337 e. The number of carbonyl (C=O) groups is 1. The first-order chi connectivity index (χ1) is 7.15. The van der Waals surface area contributed by atoms with Crippen LogP contribution in [0.1, 0.15) is 27.2 Å². The Balaban J connectivity index is 2.97. The molecular formula is C11H17NO2S. The van der Waals surface area contributed by atoms with E-state index >= 15 is 0 Å². The number of hydrogen-bond acceptors (Lipinski definition) is 4. The van der Waals surface area contributed by atoms with Gasteiger partial charge in [-0.25, -0.2) is 9.79 Å². The Morgan fingerprint density at radius 1 is 1.53 bits per heavy atom. The quantitative estimate of drug-likeness (QED) is 0.693. The number of esters is 1. The van der Waals surface area contributed by atoms with Crippen molar-refractivity contribution < 1.29 is 9.53 Å². The van der Waals surface area contributed by atoms with Gasteiger partial charge in [0.1, 0.15) is 5.03 Å². The van der Waals surface area contributed by atoms with Gasteiger partial charge in [0.25, 0.3) is 0 Å². The van der Waals surface area contributed by atoms with Crippen molar-refractivity contribution in [3.63, 3.8) is 0 Å². The molecule has 0 spiro atoms. The molecule has 0 aliphatic carbocycles. The standard InChI is InChI=1S/C11H17NO2S/c1-5-8-7(3)12-10(15-4)9(8)11(13)14-6-2/h8H,5-6H2,1-4H3. The van der Waals surface area contributed by atoms with Crippen molar-refractivity contribution in [2.24, 2.45) is 10.9 Å². The van der Waals surface area contributed by atoms with Gasteiger partial charge in [0.05, 0.1) is 12.2 Å². The van der Waals surface area contributed by atoms with Gasteiger partial charge in [-0.15, -0.1) is 11.8 Å². The summed E-state index contributed by atoms with van der Waals surface area (Å²) in [4.78, 5) is 16.2. The zero-order chi connectivity index (χ0) is 11.4. The maximum atomic E-state index is 11.8. The van der Waals surface area contributed by atoms with Crippen molar-refractivity contribution in [3.05, 3.63) is 10.6 Å². The second-order valence-corrected chi connectivity index (χ2v) is 4.15. The summed E-state index contributed by atoms with van der Waals surface area (Å²) in [5.74, 6) is -0.0687. The van der Waals surface area contributed by atoms with E-state index in [0.29, 0.717) is 6.61 Å². The molecule has 1 aliphatic rings. The minimum Gasteiger partial charge on any atom is -0.463 e. The lowest BCUT2D eigenvalue weighted by molar-refractivity contribution is -0.138. The maximum absolute atomic E-state index is 11.8. The third-order valence-corrected chi connectivity index (χ3v) is 3.16. The van der Waals surface area contributed by atoms with Gasteiger partial charge in [-0.05, 0) is 26.5 Å². The van der Waals surface area contributed by atoms with Crippen LogP contribution in [0.25, 0.3) is 0 Å². The van der Waals surface area contributed by atoms with Crippen LogP contribution < -0.4 is 0 Å². The Bertz CT molecular complexity index is 321. The highest BCUT2D eigenvalue weighted by Crippen LogP contribution is 2.34. The van der Waals surface area contributed by atoms with E-state index in [1.165, 1.54) is 11.8 Å². The predicted octanol–water partition coefficient (Wildman–Crippen LogP) is 2.62. The van der Waals surface area contributed by atoms with Crippen LogP contribution in [0.3, 0.4) is 0 Å². The van der Waals surface area contributed by atoms with Gasteiger partial charge < -0.3 is 4.74 Å². The largest absolute Gasteiger partial charge is 0.463 e. The number of ether oxygens (including phenoxy) is 1. The minimum atomic E-state index is -0.214. The Morgan fingerprint density at radius 2 is 2.20 bits per heavy atom. The van der Waals surface area contributed by atoms with E-state index < -0.39 is 0 Å². The van der Waals surface area contributed by atoms with E-state index in [-0.39, 0.29) is 11.9 Å². The summed E-state index contributed by atoms with van der Waals surface area (Å²) in [5.41, 5.74) is 1.76. The van der Waals surface area contributed by atoms with Gasteiger partial charge >= 0.3 is 5.97 Å². The monoisotopic (exact) mass is 227 g/mol. The van der Waals surface area contributed by atoms with Gasteiger partial charge in [-0.1, -0.05) is 6.92 Å². The number of carbonyl (C=O) groups excluding carboxylic acids is 1. The van der Waals surface area contributed by atoms with E-state index in [0.717, 1.165) is 22.7 Å². The van der Waals surface area contributed by atoms with Crippen molar-refractivity contribution in [1.29, 1.82) is 0 Å². The average Bonchev–Trinajstić information content (AvgIpc) is 2.54. The van der Waals surface area contributed by atoms with Crippen LogP contribution in [0.5, 0.6) is 0 Å². The summed E-state index contributed by atoms with van der Waals surface area (Å²) >= 11 is 1.51. The van der Waals surface area contributed by atoms with Crippen LogP contribution in [0.4, 0.5) is 0 Å². The molecule has 1 heterocycles. The molecular weight excluding hydrogens is 210 g/mol. The van der Waals surface area contributed by atoms with E-state index in [1.807, 2.05) is 20.1 Å². The van der Waals surface area contributed by atoms with E-state index in [1.54, 1.807) is 0 Å². The summed E-state index contributed by atoms with van der Waals surface area (Å²) in [6.45, 7) is 6.27. The first-order valence-corrected chi connectivity index (χ1v) is 6.38. The number of aliphatic imine (C=N–C) groups is 1. The van der Waals surface area contributed by atoms with Crippen molar-refractivity contribution in [1.82, 2.24) is 0 Å². The number of hydrogen-bond donors (Lipinski definition) is 0. The molecule has 0 N–H and O–H groups in total. The summed E-state index contributed by atoms with van der Waals surface area (Å²) in [7, 11) is 0. The summed E-state index contributed by atoms with van der Waals surface area (Å²) < 4.78 is 5.05. The molecule has 0 radical (unpaired) electrons. The van der Waals surface area contributed by atoms with Crippen molar-refractivity contribution in [3.8, 4) is 0 Å². The molecule has 0 aromatic carbocycles. The van der Waals surface area contributed by atoms with Crippen LogP contribution >= 0.6 is 11.8 Å². The zero-order valence-corrected chi connectivity index (χ0v) is 10.5. The fraction of sp³-hybridized carbons (Fsp3) is 0.636. The van der Waals surface area contributed by atoms with Crippen molar-refractivity contribution >= 4 is 23.4 Å². The lowest BCUT2D eigenvalue weighted by Gasteiger charge is -2.12. The lowest BCUT2D eigenvalue weighted by atomic mass is 9.95. The lowest BCUT2D eigenvalue weighted by Crippen LogP contribution is -2.18. The summed E-state index contributed by atoms with van der Waals surface area (Å²) in [6, 6.07) is 0. The van der Waals surface area contributed by atoms with Crippen LogP contribution in [0.15, 0.2) is 15.6 Å². The fourth-order valence-corrected chi connectivity index (χ4v) is 2.43. The zero-order valence-electron chi connectivity index (χ0n) is 9.66. The molecule has 4 heteroatoms. The number of nitrogens with zero attached hydrogens (tertiary/aromatic N) is 1. The van der Waals surface area contributed by atoms with Gasteiger partial charge in [0, 0.05) is 11.6 Å². The predicted molar refractivity (Wildman–Crippen MR) is 64.1 cm³/mol. The molecule has 1 aliphatic heterocycles. The normalized spacial score (nSPS) is 20.5. The molecule has 1 rings (SSSR count). The van der Waals surface area contributed by atoms with Gasteiger partial charge in [0.2, 0.25) is 0 Å². The number of thioether (sulfide) groups is 1. The molecule has 0 aromatic rings. The van der Waals surface area contributed by atoms with E-state index in [4.69, 9.17) is 4.74 Å². The second kappa shape index (κ2) is 5.35. The summed E-state index contributed by atoms with van der Waals surface area (Å²) in [6.07, 6.45) is 2.83. The first kappa shape index (κ1) is 12.3. The highest BCUT2D eigenvalue weighted by molar-refractivity contribution is 8.02. The molecule has 0 amide bonds. The third kappa shape index (κ3) is 2.43. The first-order valence-electron chi connectivity index (χ1n) is 5.16. The molecule has 3 nitrogen and oxygen atoms in total. The molecule has 15 heavy (non-hydrogen) atoms. The summed E-state index contributed by atoms with van der Waals surface area (Å²) in [5, 5.41) is 0.817. The third-order valence-electron chi connectivity index (χ3n) is 2.46. The highest BCUT2D eigenvalue weighted by atomic mass is 32.2. The highest BCUT2D eigenvalue weighted by Gasteiger charge is 2.31. The Morgan fingerprint density at radius 3 is 2.67 bits per heavy atom. The van der Waals surface area contributed by atoms with Gasteiger partial charge in [0.15, 0.2) is 0 Å². The van der Waals surface area contributed by atoms with E-state index in [2.05, 4.69) is 11.9 Å². The second-order valence-electron chi connectivity index (χ2n) is 3.36. The molecule has 0 saturated carbocycles. The molecule has 84 valence electrons. The van der Waals surface area contributed by atoms with Crippen LogP contribution in [-0.4, -0.2) is 24.5 Å². The minimum absolute atomic E-state index is 0.145. The Hall–Kier alpha value is -0.770. The molecule has 1 unspecified atom stereocenters. The van der Waals surface area contributed by atoms with Crippen molar-refractivity contribution in [2.75, 3.05) is 12.9 Å². The average molecular weight is 227 g/mol. The molecule has 0 saturated heterocycles. The van der Waals surface area contributed by atoms with Gasteiger partial charge in [-0.3, -0.25) is 0 Å². The molecule has 1 atom stereocenters. The number of rotatable bonds is 4. The van der Waals surface area contributed by atoms with Crippen molar-refractivity contribution in [2.45, 2.75) is 27.2 Å². The Kier molecular flexibility index (Phi) is 4.39.